The van der Waals surface area contributed by atoms with Crippen LogP contribution in [0.15, 0.2) is 30.9 Å². The molecule has 0 spiro atoms. The first kappa shape index (κ1) is 9.25. The third-order valence-corrected chi connectivity index (χ3v) is 1.31. The molecule has 1 rings (SSSR count). The first-order valence-electron chi connectivity index (χ1n) is 3.64. The summed E-state index contributed by atoms with van der Waals surface area (Å²) >= 11 is 0. The van der Waals surface area contributed by atoms with Crippen LogP contribution in [-0.2, 0) is 0 Å². The topological polar surface area (TPSA) is 52.4 Å². The van der Waals surface area contributed by atoms with Gasteiger partial charge in [0.05, 0.1) is 4.92 Å². The summed E-state index contributed by atoms with van der Waals surface area (Å²) in [5, 5.41) is 10.3. The SMILES string of the molecule is C=CCOc1[c]c([N+](=O)[O-])ccc1. The van der Waals surface area contributed by atoms with Crippen molar-refractivity contribution in [2.45, 2.75) is 0 Å². The Balaban J connectivity index is 2.79. The van der Waals surface area contributed by atoms with Gasteiger partial charge in [-0.2, -0.15) is 0 Å². The average Bonchev–Trinajstić information content (AvgIpc) is 2.15. The monoisotopic (exact) mass is 178 g/mol. The molecular formula is C9H8NO3. The van der Waals surface area contributed by atoms with Crippen LogP contribution in [0.5, 0.6) is 5.75 Å². The van der Waals surface area contributed by atoms with Gasteiger partial charge in [-0.15, -0.1) is 0 Å². The molecular weight excluding hydrogens is 170 g/mol. The molecule has 1 aromatic rings. The van der Waals surface area contributed by atoms with Crippen LogP contribution in [0.3, 0.4) is 0 Å². The summed E-state index contributed by atoms with van der Waals surface area (Å²) in [5.41, 5.74) is -0.0958. The zero-order chi connectivity index (χ0) is 9.68. The molecule has 0 heterocycles. The third-order valence-electron chi connectivity index (χ3n) is 1.31. The lowest BCUT2D eigenvalue weighted by atomic mass is 10.3. The number of ether oxygens (including phenoxy) is 1. The van der Waals surface area contributed by atoms with Crippen LogP contribution in [0.2, 0.25) is 0 Å². The maximum atomic E-state index is 10.3. The number of rotatable bonds is 4. The summed E-state index contributed by atoms with van der Waals surface area (Å²) < 4.78 is 5.07. The second-order valence-corrected chi connectivity index (χ2v) is 2.26. The van der Waals surface area contributed by atoms with Crippen LogP contribution in [0, 0.1) is 16.2 Å². The molecule has 67 valence electrons. The number of benzene rings is 1. The number of hydrogen-bond donors (Lipinski definition) is 0. The van der Waals surface area contributed by atoms with E-state index in [-0.39, 0.29) is 5.69 Å². The summed E-state index contributed by atoms with van der Waals surface area (Å²) in [6, 6.07) is 7.03. The Kier molecular flexibility index (Phi) is 3.03. The molecule has 1 radical (unpaired) electrons. The molecule has 0 atom stereocenters. The molecule has 0 aromatic heterocycles. The van der Waals surface area contributed by atoms with Crippen LogP contribution >= 0.6 is 0 Å². The van der Waals surface area contributed by atoms with E-state index in [4.69, 9.17) is 4.74 Å². The minimum absolute atomic E-state index is 0.0958. The highest BCUT2D eigenvalue weighted by Crippen LogP contribution is 2.17. The largest absolute Gasteiger partial charge is 0.489 e. The molecule has 0 saturated carbocycles. The smallest absolute Gasteiger partial charge is 0.281 e. The summed E-state index contributed by atoms with van der Waals surface area (Å²) in [7, 11) is 0. The van der Waals surface area contributed by atoms with Crippen molar-refractivity contribution in [2.75, 3.05) is 6.61 Å². The van der Waals surface area contributed by atoms with E-state index in [0.717, 1.165) is 0 Å². The van der Waals surface area contributed by atoms with Gasteiger partial charge in [-0.3, -0.25) is 10.1 Å². The van der Waals surface area contributed by atoms with Crippen molar-refractivity contribution in [1.82, 2.24) is 0 Å². The molecule has 0 N–H and O–H groups in total. The van der Waals surface area contributed by atoms with Crippen molar-refractivity contribution in [1.29, 1.82) is 0 Å². The molecule has 4 heteroatoms. The Morgan fingerprint density at radius 2 is 2.46 bits per heavy atom. The van der Waals surface area contributed by atoms with E-state index < -0.39 is 4.92 Å². The van der Waals surface area contributed by atoms with Gasteiger partial charge in [-0.05, 0) is 6.07 Å². The van der Waals surface area contributed by atoms with E-state index in [9.17, 15) is 10.1 Å². The lowest BCUT2D eigenvalue weighted by Gasteiger charge is -2.00. The molecule has 0 amide bonds. The van der Waals surface area contributed by atoms with E-state index in [2.05, 4.69) is 12.6 Å². The van der Waals surface area contributed by atoms with Crippen molar-refractivity contribution >= 4 is 5.69 Å². The number of nitro benzene ring substituents is 1. The number of non-ortho nitro benzene ring substituents is 1. The summed E-state index contributed by atoms with van der Waals surface area (Å²) in [6.45, 7) is 3.78. The van der Waals surface area contributed by atoms with Crippen LogP contribution in [0.1, 0.15) is 0 Å². The Morgan fingerprint density at radius 1 is 1.69 bits per heavy atom. The van der Waals surface area contributed by atoms with Gasteiger partial charge in [0.2, 0.25) is 0 Å². The highest BCUT2D eigenvalue weighted by atomic mass is 16.6. The lowest BCUT2D eigenvalue weighted by Crippen LogP contribution is -1.94. The lowest BCUT2D eigenvalue weighted by molar-refractivity contribution is -0.385. The van der Waals surface area contributed by atoms with Crippen molar-refractivity contribution in [2.24, 2.45) is 0 Å². The Bertz CT molecular complexity index is 322. The molecule has 1 aromatic carbocycles. The standard InChI is InChI=1S/C9H8NO3/c1-2-6-13-9-5-3-4-8(7-9)10(11)12/h2-5H,1,6H2. The van der Waals surface area contributed by atoms with Gasteiger partial charge >= 0.3 is 0 Å². The summed E-state index contributed by atoms with van der Waals surface area (Å²) in [5.74, 6) is 0.356. The second kappa shape index (κ2) is 4.25. The van der Waals surface area contributed by atoms with Crippen molar-refractivity contribution in [3.05, 3.63) is 47.0 Å². The van der Waals surface area contributed by atoms with Crippen LogP contribution in [-0.4, -0.2) is 11.5 Å². The quantitative estimate of drug-likeness (QED) is 0.402. The van der Waals surface area contributed by atoms with Crippen LogP contribution < -0.4 is 4.74 Å². The van der Waals surface area contributed by atoms with Crippen molar-refractivity contribution < 1.29 is 9.66 Å². The molecule has 0 aliphatic carbocycles. The number of hydrogen-bond acceptors (Lipinski definition) is 3. The first-order valence-corrected chi connectivity index (χ1v) is 3.64. The number of nitro groups is 1. The molecule has 0 saturated heterocycles. The maximum absolute atomic E-state index is 10.3. The third kappa shape index (κ3) is 2.59. The molecule has 0 aliphatic rings. The minimum atomic E-state index is -0.513. The molecule has 0 fully saturated rings. The number of nitrogens with zero attached hydrogens (tertiary/aromatic N) is 1. The maximum Gasteiger partial charge on any atom is 0.281 e. The van der Waals surface area contributed by atoms with Crippen LogP contribution in [0.25, 0.3) is 0 Å². The van der Waals surface area contributed by atoms with Gasteiger partial charge in [-0.1, -0.05) is 18.7 Å². The highest BCUT2D eigenvalue weighted by Gasteiger charge is 2.06. The van der Waals surface area contributed by atoms with Gasteiger partial charge in [0.1, 0.15) is 18.4 Å². The average molecular weight is 178 g/mol. The van der Waals surface area contributed by atoms with E-state index in [1.807, 2.05) is 0 Å². The van der Waals surface area contributed by atoms with Gasteiger partial charge in [0.15, 0.2) is 0 Å². The molecule has 0 aliphatic heterocycles. The molecule has 0 unspecified atom stereocenters. The fourth-order valence-electron chi connectivity index (χ4n) is 0.776. The minimum Gasteiger partial charge on any atom is -0.489 e. The van der Waals surface area contributed by atoms with Crippen molar-refractivity contribution in [3.8, 4) is 5.75 Å². The fraction of sp³-hybridized carbons (Fsp3) is 0.111. The molecule has 4 nitrogen and oxygen atoms in total. The highest BCUT2D eigenvalue weighted by molar-refractivity contribution is 5.36. The van der Waals surface area contributed by atoms with Crippen LogP contribution in [0.4, 0.5) is 5.69 Å². The van der Waals surface area contributed by atoms with Gasteiger partial charge < -0.3 is 4.74 Å². The molecule has 0 bridgehead atoms. The predicted octanol–water partition coefficient (Wildman–Crippen LogP) is 1.96. The van der Waals surface area contributed by atoms with Crippen molar-refractivity contribution in [3.63, 3.8) is 0 Å². The zero-order valence-electron chi connectivity index (χ0n) is 6.90. The Labute approximate surface area is 75.6 Å². The normalized spacial score (nSPS) is 9.23. The summed E-state index contributed by atoms with van der Waals surface area (Å²) in [4.78, 5) is 9.81. The predicted molar refractivity (Wildman–Crippen MR) is 47.6 cm³/mol. The van der Waals surface area contributed by atoms with Gasteiger partial charge in [0, 0.05) is 6.07 Å². The Hall–Kier alpha value is -1.84. The van der Waals surface area contributed by atoms with E-state index >= 15 is 0 Å². The summed E-state index contributed by atoms with van der Waals surface area (Å²) in [6.07, 6.45) is 1.56. The van der Waals surface area contributed by atoms with E-state index in [0.29, 0.717) is 12.4 Å². The molecule has 13 heavy (non-hydrogen) atoms. The second-order valence-electron chi connectivity index (χ2n) is 2.26. The van der Waals surface area contributed by atoms with E-state index in [1.165, 1.54) is 6.07 Å². The Morgan fingerprint density at radius 3 is 3.08 bits per heavy atom. The first-order chi connectivity index (χ1) is 6.24. The fourth-order valence-corrected chi connectivity index (χ4v) is 0.776. The van der Waals surface area contributed by atoms with Gasteiger partial charge in [0.25, 0.3) is 5.69 Å². The van der Waals surface area contributed by atoms with E-state index in [1.54, 1.807) is 18.2 Å². The zero-order valence-corrected chi connectivity index (χ0v) is 6.90. The van der Waals surface area contributed by atoms with Gasteiger partial charge in [-0.25, -0.2) is 0 Å².